The largest absolute Gasteiger partial charge is 0.357 e. The minimum Gasteiger partial charge on any atom is -0.357 e. The van der Waals surface area contributed by atoms with Crippen LogP contribution in [0, 0.1) is 13.8 Å². The molecule has 2 aromatic heterocycles. The van der Waals surface area contributed by atoms with Gasteiger partial charge in [0.2, 0.25) is 0 Å². The molecule has 168 valence electrons. The van der Waals surface area contributed by atoms with Gasteiger partial charge in [-0.05, 0) is 63.4 Å². The number of benzene rings is 1. The zero-order valence-corrected chi connectivity index (χ0v) is 19.3. The van der Waals surface area contributed by atoms with Gasteiger partial charge in [-0.25, -0.2) is 14.7 Å². The Balaban J connectivity index is 1.42. The molecule has 0 atom stereocenters. The molecule has 7 heteroatoms. The minimum absolute atomic E-state index is 0.402. The number of nitrogens with zero attached hydrogens (tertiary/aromatic N) is 5. The maximum atomic E-state index is 4.90. The molecule has 1 aliphatic rings. The highest BCUT2D eigenvalue weighted by Gasteiger charge is 2.20. The highest BCUT2D eigenvalue weighted by atomic mass is 15.3. The fourth-order valence-electron chi connectivity index (χ4n) is 4.20. The molecule has 3 heterocycles. The Morgan fingerprint density at radius 3 is 2.56 bits per heavy atom. The van der Waals surface area contributed by atoms with Crippen LogP contribution in [0.1, 0.15) is 36.7 Å². The van der Waals surface area contributed by atoms with Crippen molar-refractivity contribution in [2.24, 2.45) is 4.99 Å². The van der Waals surface area contributed by atoms with Crippen molar-refractivity contribution >= 4 is 11.8 Å². The van der Waals surface area contributed by atoms with Gasteiger partial charge in [0.15, 0.2) is 5.96 Å². The van der Waals surface area contributed by atoms with Crippen molar-refractivity contribution in [3.8, 4) is 5.69 Å². The number of hydrogen-bond acceptors (Lipinski definition) is 4. The molecule has 1 aromatic carbocycles. The van der Waals surface area contributed by atoms with Crippen LogP contribution in [0.3, 0.4) is 0 Å². The van der Waals surface area contributed by atoms with Crippen LogP contribution in [-0.2, 0) is 6.54 Å². The van der Waals surface area contributed by atoms with Crippen LogP contribution in [0.4, 0.5) is 5.82 Å². The second kappa shape index (κ2) is 10.3. The first-order valence-corrected chi connectivity index (χ1v) is 11.5. The smallest absolute Gasteiger partial charge is 0.191 e. The number of hydrogen-bond donors (Lipinski definition) is 2. The average molecular weight is 432 g/mol. The van der Waals surface area contributed by atoms with E-state index in [-0.39, 0.29) is 0 Å². The molecular formula is C25H33N7. The van der Waals surface area contributed by atoms with Gasteiger partial charge in [-0.15, -0.1) is 0 Å². The first kappa shape index (κ1) is 21.9. The van der Waals surface area contributed by atoms with Gasteiger partial charge in [-0.1, -0.05) is 24.3 Å². The number of aromatic nitrogens is 3. The van der Waals surface area contributed by atoms with E-state index in [9.17, 15) is 0 Å². The maximum absolute atomic E-state index is 4.90. The van der Waals surface area contributed by atoms with Gasteiger partial charge < -0.3 is 15.5 Å². The molecule has 0 bridgehead atoms. The lowest BCUT2D eigenvalue weighted by molar-refractivity contribution is 0.459. The van der Waals surface area contributed by atoms with Gasteiger partial charge in [-0.2, -0.15) is 5.10 Å². The molecule has 3 aromatic rings. The number of piperidine rings is 1. The molecule has 4 rings (SSSR count). The number of pyridine rings is 1. The van der Waals surface area contributed by atoms with Gasteiger partial charge in [0.05, 0.1) is 17.9 Å². The van der Waals surface area contributed by atoms with Gasteiger partial charge in [0.25, 0.3) is 0 Å². The van der Waals surface area contributed by atoms with Crippen LogP contribution in [-0.4, -0.2) is 46.4 Å². The molecule has 1 fully saturated rings. The normalized spacial score (nSPS) is 15.1. The van der Waals surface area contributed by atoms with Gasteiger partial charge in [0.1, 0.15) is 5.82 Å². The molecule has 1 saturated heterocycles. The Morgan fingerprint density at radius 1 is 1.09 bits per heavy atom. The highest BCUT2D eigenvalue weighted by molar-refractivity contribution is 5.80. The highest BCUT2D eigenvalue weighted by Crippen LogP contribution is 2.19. The van der Waals surface area contributed by atoms with E-state index in [1.54, 1.807) is 0 Å². The van der Waals surface area contributed by atoms with E-state index < -0.39 is 0 Å². The van der Waals surface area contributed by atoms with Gasteiger partial charge in [-0.3, -0.25) is 0 Å². The van der Waals surface area contributed by atoms with Crippen molar-refractivity contribution < 1.29 is 0 Å². The summed E-state index contributed by atoms with van der Waals surface area (Å²) in [5, 5.41) is 11.7. The van der Waals surface area contributed by atoms with Crippen molar-refractivity contribution in [1.29, 1.82) is 0 Å². The predicted octanol–water partition coefficient (Wildman–Crippen LogP) is 3.61. The SMILES string of the molecule is CCNC(=NCc1ccccc1-n1nc(C)cc1C)NC1CCN(c2ccccn2)CC1. The maximum Gasteiger partial charge on any atom is 0.191 e. The fraction of sp³-hybridized carbons (Fsp3) is 0.400. The van der Waals surface area contributed by atoms with Gasteiger partial charge in [0, 0.05) is 37.6 Å². The number of aliphatic imine (C=N–C) groups is 1. The van der Waals surface area contributed by atoms with Crippen LogP contribution in [0.5, 0.6) is 0 Å². The number of aryl methyl sites for hydroxylation is 2. The van der Waals surface area contributed by atoms with E-state index in [0.717, 1.165) is 66.9 Å². The molecule has 0 unspecified atom stereocenters. The topological polar surface area (TPSA) is 70.4 Å². The third-order valence-electron chi connectivity index (χ3n) is 5.79. The molecule has 0 radical (unpaired) electrons. The summed E-state index contributed by atoms with van der Waals surface area (Å²) >= 11 is 0. The summed E-state index contributed by atoms with van der Waals surface area (Å²) in [6, 6.07) is 17.0. The molecular weight excluding hydrogens is 398 g/mol. The number of para-hydroxylation sites is 1. The molecule has 32 heavy (non-hydrogen) atoms. The van der Waals surface area contributed by atoms with Crippen molar-refractivity contribution in [2.45, 2.75) is 46.2 Å². The van der Waals surface area contributed by atoms with Crippen LogP contribution < -0.4 is 15.5 Å². The van der Waals surface area contributed by atoms with E-state index in [4.69, 9.17) is 4.99 Å². The summed E-state index contributed by atoms with van der Waals surface area (Å²) < 4.78 is 2.01. The number of anilines is 1. The predicted molar refractivity (Wildman–Crippen MR) is 130 cm³/mol. The van der Waals surface area contributed by atoms with Crippen molar-refractivity contribution in [1.82, 2.24) is 25.4 Å². The standard InChI is InChI=1S/C25H33N7/c1-4-26-25(29-22-12-15-31(16-13-22)24-11-7-8-14-27-24)28-18-21-9-5-6-10-23(21)32-20(3)17-19(2)30-32/h5-11,14,17,22H,4,12-13,15-16,18H2,1-3H3,(H2,26,28,29). The summed E-state index contributed by atoms with van der Waals surface area (Å²) in [7, 11) is 0. The first-order chi connectivity index (χ1) is 15.6. The lowest BCUT2D eigenvalue weighted by atomic mass is 10.1. The molecule has 2 N–H and O–H groups in total. The Kier molecular flexibility index (Phi) is 7.04. The number of rotatable bonds is 6. The minimum atomic E-state index is 0.402. The summed E-state index contributed by atoms with van der Waals surface area (Å²) in [5.41, 5.74) is 4.39. The van der Waals surface area contributed by atoms with Gasteiger partial charge >= 0.3 is 0 Å². The molecule has 0 amide bonds. The third kappa shape index (κ3) is 5.28. The van der Waals surface area contributed by atoms with Crippen molar-refractivity contribution in [2.75, 3.05) is 24.5 Å². The van der Waals surface area contributed by atoms with Crippen molar-refractivity contribution in [3.05, 3.63) is 71.7 Å². The van der Waals surface area contributed by atoms with Crippen LogP contribution >= 0.6 is 0 Å². The molecule has 0 saturated carbocycles. The summed E-state index contributed by atoms with van der Waals surface area (Å²) in [5.74, 6) is 1.93. The second-order valence-electron chi connectivity index (χ2n) is 8.26. The van der Waals surface area contributed by atoms with E-state index in [1.807, 2.05) is 29.9 Å². The monoisotopic (exact) mass is 431 g/mol. The van der Waals surface area contributed by atoms with E-state index in [0.29, 0.717) is 12.6 Å². The van der Waals surface area contributed by atoms with Crippen LogP contribution in [0.25, 0.3) is 5.69 Å². The molecule has 1 aliphatic heterocycles. The molecule has 7 nitrogen and oxygen atoms in total. The zero-order valence-electron chi connectivity index (χ0n) is 19.3. The Morgan fingerprint density at radius 2 is 1.88 bits per heavy atom. The van der Waals surface area contributed by atoms with E-state index in [2.05, 4.69) is 75.9 Å². The average Bonchev–Trinajstić information content (AvgIpc) is 3.16. The summed E-state index contributed by atoms with van der Waals surface area (Å²) in [6.07, 6.45) is 3.98. The van der Waals surface area contributed by atoms with Crippen LogP contribution in [0.2, 0.25) is 0 Å². The van der Waals surface area contributed by atoms with Crippen LogP contribution in [0.15, 0.2) is 59.7 Å². The Hall–Kier alpha value is -3.35. The molecule has 0 spiro atoms. The summed E-state index contributed by atoms with van der Waals surface area (Å²) in [4.78, 5) is 11.7. The Labute approximate surface area is 190 Å². The lowest BCUT2D eigenvalue weighted by Gasteiger charge is -2.33. The lowest BCUT2D eigenvalue weighted by Crippen LogP contribution is -2.48. The van der Waals surface area contributed by atoms with E-state index in [1.165, 1.54) is 0 Å². The second-order valence-corrected chi connectivity index (χ2v) is 8.26. The first-order valence-electron chi connectivity index (χ1n) is 11.5. The third-order valence-corrected chi connectivity index (χ3v) is 5.79. The quantitative estimate of drug-likeness (QED) is 0.461. The zero-order chi connectivity index (χ0) is 22.3. The molecule has 0 aliphatic carbocycles. The number of guanidine groups is 1. The fourth-order valence-corrected chi connectivity index (χ4v) is 4.20. The summed E-state index contributed by atoms with van der Waals surface area (Å²) in [6.45, 7) is 9.63. The van der Waals surface area contributed by atoms with Crippen molar-refractivity contribution in [3.63, 3.8) is 0 Å². The number of nitrogens with one attached hydrogen (secondary N) is 2. The Bertz CT molecular complexity index is 1030. The van der Waals surface area contributed by atoms with E-state index >= 15 is 0 Å².